The number of pyridine rings is 1. The van der Waals surface area contributed by atoms with E-state index in [0.717, 1.165) is 5.56 Å². The van der Waals surface area contributed by atoms with E-state index < -0.39 is 10.0 Å². The summed E-state index contributed by atoms with van der Waals surface area (Å²) in [6.45, 7) is 0.470. The van der Waals surface area contributed by atoms with E-state index in [1.807, 2.05) is 29.0 Å². The van der Waals surface area contributed by atoms with Gasteiger partial charge in [0.25, 0.3) is 0 Å². The zero-order chi connectivity index (χ0) is 17.7. The van der Waals surface area contributed by atoms with Crippen LogP contribution in [0.4, 0.5) is 0 Å². The van der Waals surface area contributed by atoms with Crippen LogP contribution in [-0.2, 0) is 23.1 Å². The third-order valence-electron chi connectivity index (χ3n) is 3.69. The number of ether oxygens (including phenoxy) is 1. The fraction of sp³-hybridized carbons (Fsp3) is 0.167. The highest BCUT2D eigenvalue weighted by atomic mass is 32.2. The Bertz CT molecular complexity index is 911. The van der Waals surface area contributed by atoms with E-state index in [-0.39, 0.29) is 18.0 Å². The summed E-state index contributed by atoms with van der Waals surface area (Å²) in [6.07, 6.45) is 1.66. The molecule has 0 radical (unpaired) electrons. The molecule has 3 rings (SSSR count). The lowest BCUT2D eigenvalue weighted by Crippen LogP contribution is -2.30. The fourth-order valence-electron chi connectivity index (χ4n) is 2.46. The maximum Gasteiger partial charge on any atom is 0.247 e. The van der Waals surface area contributed by atoms with Crippen LogP contribution in [0.3, 0.4) is 0 Å². The van der Waals surface area contributed by atoms with E-state index in [1.54, 1.807) is 47.9 Å². The van der Waals surface area contributed by atoms with Crippen LogP contribution in [0.2, 0.25) is 0 Å². The average molecular weight is 374 g/mol. The first-order valence-corrected chi connectivity index (χ1v) is 10.0. The van der Waals surface area contributed by atoms with Crippen molar-refractivity contribution in [2.24, 2.45) is 0 Å². The van der Waals surface area contributed by atoms with Gasteiger partial charge in [-0.15, -0.1) is 0 Å². The minimum Gasteiger partial charge on any atom is -0.495 e. The standard InChI is InChI=1S/C18H18N2O3S2/c1-23-17-7-2-3-8-18(17)25(21,22)20(12-15-9-11-24-14-15)13-16-6-4-5-10-19-16/h2-11,14H,12-13H2,1H3. The molecule has 0 unspecified atom stereocenters. The SMILES string of the molecule is COc1ccccc1S(=O)(=O)N(Cc1ccsc1)Cc1ccccn1. The first-order valence-electron chi connectivity index (χ1n) is 7.65. The summed E-state index contributed by atoms with van der Waals surface area (Å²) < 4.78 is 33.2. The van der Waals surface area contributed by atoms with E-state index in [1.165, 1.54) is 11.4 Å². The molecular formula is C18H18N2O3S2. The summed E-state index contributed by atoms with van der Waals surface area (Å²) in [5.74, 6) is 0.332. The van der Waals surface area contributed by atoms with E-state index in [4.69, 9.17) is 4.74 Å². The molecule has 0 aliphatic heterocycles. The third-order valence-corrected chi connectivity index (χ3v) is 6.25. The third kappa shape index (κ3) is 4.07. The van der Waals surface area contributed by atoms with Crippen molar-refractivity contribution in [3.63, 3.8) is 0 Å². The van der Waals surface area contributed by atoms with Crippen molar-refractivity contribution < 1.29 is 13.2 Å². The van der Waals surface area contributed by atoms with Crippen molar-refractivity contribution in [3.05, 3.63) is 76.7 Å². The number of nitrogens with zero attached hydrogens (tertiary/aromatic N) is 2. The Labute approximate surface area is 151 Å². The Balaban J connectivity index is 2.00. The van der Waals surface area contributed by atoms with Crippen LogP contribution in [0.25, 0.3) is 0 Å². The summed E-state index contributed by atoms with van der Waals surface area (Å²) in [5.41, 5.74) is 1.63. The molecule has 2 aromatic heterocycles. The highest BCUT2D eigenvalue weighted by Crippen LogP contribution is 2.28. The molecule has 25 heavy (non-hydrogen) atoms. The molecule has 1 aromatic carbocycles. The largest absolute Gasteiger partial charge is 0.495 e. The zero-order valence-electron chi connectivity index (χ0n) is 13.7. The van der Waals surface area contributed by atoms with Crippen molar-refractivity contribution in [2.45, 2.75) is 18.0 Å². The Morgan fingerprint density at radius 2 is 1.88 bits per heavy atom. The van der Waals surface area contributed by atoms with Gasteiger partial charge >= 0.3 is 0 Å². The number of hydrogen-bond acceptors (Lipinski definition) is 5. The molecule has 5 nitrogen and oxygen atoms in total. The molecule has 130 valence electrons. The average Bonchev–Trinajstić information content (AvgIpc) is 3.15. The van der Waals surface area contributed by atoms with Gasteiger partial charge in [-0.25, -0.2) is 8.42 Å². The Morgan fingerprint density at radius 3 is 2.56 bits per heavy atom. The highest BCUT2D eigenvalue weighted by molar-refractivity contribution is 7.89. The monoisotopic (exact) mass is 374 g/mol. The molecule has 0 aliphatic rings. The van der Waals surface area contributed by atoms with Gasteiger partial charge in [0.15, 0.2) is 0 Å². The van der Waals surface area contributed by atoms with Gasteiger partial charge in [0, 0.05) is 12.7 Å². The van der Waals surface area contributed by atoms with Crippen LogP contribution in [0.1, 0.15) is 11.3 Å². The predicted octanol–water partition coefficient (Wildman–Crippen LogP) is 3.54. The van der Waals surface area contributed by atoms with Gasteiger partial charge in [-0.3, -0.25) is 4.98 Å². The van der Waals surface area contributed by atoms with Crippen molar-refractivity contribution >= 4 is 21.4 Å². The molecule has 0 spiro atoms. The normalized spacial score (nSPS) is 11.6. The van der Waals surface area contributed by atoms with Crippen LogP contribution in [0.5, 0.6) is 5.75 Å². The molecular weight excluding hydrogens is 356 g/mol. The number of sulfonamides is 1. The zero-order valence-corrected chi connectivity index (χ0v) is 15.3. The van der Waals surface area contributed by atoms with E-state index >= 15 is 0 Å². The van der Waals surface area contributed by atoms with Crippen LogP contribution in [0, 0.1) is 0 Å². The molecule has 0 saturated heterocycles. The topological polar surface area (TPSA) is 59.5 Å². The summed E-state index contributed by atoms with van der Waals surface area (Å²) in [7, 11) is -2.28. The lowest BCUT2D eigenvalue weighted by atomic mass is 10.3. The van der Waals surface area contributed by atoms with Gasteiger partial charge in [0.1, 0.15) is 10.6 Å². The fourth-order valence-corrected chi connectivity index (χ4v) is 4.67. The van der Waals surface area contributed by atoms with Crippen LogP contribution in [0.15, 0.2) is 70.4 Å². The van der Waals surface area contributed by atoms with Crippen molar-refractivity contribution in [3.8, 4) is 5.75 Å². The lowest BCUT2D eigenvalue weighted by molar-refractivity contribution is 0.381. The molecule has 0 bridgehead atoms. The number of aromatic nitrogens is 1. The summed E-state index contributed by atoms with van der Waals surface area (Å²) in [5, 5.41) is 3.88. The summed E-state index contributed by atoms with van der Waals surface area (Å²) in [4.78, 5) is 4.42. The second-order valence-electron chi connectivity index (χ2n) is 5.38. The molecule has 0 atom stereocenters. The van der Waals surface area contributed by atoms with Crippen molar-refractivity contribution in [1.82, 2.24) is 9.29 Å². The molecule has 3 aromatic rings. The number of hydrogen-bond donors (Lipinski definition) is 0. The van der Waals surface area contributed by atoms with Crippen molar-refractivity contribution in [2.75, 3.05) is 7.11 Å². The smallest absolute Gasteiger partial charge is 0.247 e. The summed E-state index contributed by atoms with van der Waals surface area (Å²) >= 11 is 1.54. The van der Waals surface area contributed by atoms with E-state index in [2.05, 4.69) is 4.98 Å². The molecule has 7 heteroatoms. The van der Waals surface area contributed by atoms with Gasteiger partial charge in [-0.1, -0.05) is 18.2 Å². The Hall–Kier alpha value is -2.22. The number of rotatable bonds is 7. The molecule has 0 amide bonds. The first-order chi connectivity index (χ1) is 12.1. The second-order valence-corrected chi connectivity index (χ2v) is 8.06. The van der Waals surface area contributed by atoms with Crippen LogP contribution in [-0.4, -0.2) is 24.8 Å². The van der Waals surface area contributed by atoms with Gasteiger partial charge < -0.3 is 4.74 Å². The lowest BCUT2D eigenvalue weighted by Gasteiger charge is -2.22. The molecule has 2 heterocycles. The Morgan fingerprint density at radius 1 is 1.08 bits per heavy atom. The number of methoxy groups -OCH3 is 1. The first kappa shape index (κ1) is 17.6. The van der Waals surface area contributed by atoms with Gasteiger partial charge in [-0.05, 0) is 46.7 Å². The van der Waals surface area contributed by atoms with E-state index in [0.29, 0.717) is 11.4 Å². The number of benzene rings is 1. The number of para-hydroxylation sites is 1. The minimum atomic E-state index is -3.75. The second kappa shape index (κ2) is 7.77. The maximum atomic E-state index is 13.3. The van der Waals surface area contributed by atoms with Crippen molar-refractivity contribution in [1.29, 1.82) is 0 Å². The molecule has 0 saturated carbocycles. The molecule has 0 aliphatic carbocycles. The predicted molar refractivity (Wildman–Crippen MR) is 98.0 cm³/mol. The number of thiophene rings is 1. The minimum absolute atomic E-state index is 0.156. The summed E-state index contributed by atoms with van der Waals surface area (Å²) in [6, 6.07) is 14.1. The quantitative estimate of drug-likeness (QED) is 0.635. The molecule has 0 fully saturated rings. The maximum absolute atomic E-state index is 13.3. The van der Waals surface area contributed by atoms with Gasteiger partial charge in [0.05, 0.1) is 19.3 Å². The van der Waals surface area contributed by atoms with Gasteiger partial charge in [0.2, 0.25) is 10.0 Å². The molecule has 0 N–H and O–H groups in total. The Kier molecular flexibility index (Phi) is 5.47. The van der Waals surface area contributed by atoms with E-state index in [9.17, 15) is 8.42 Å². The van der Waals surface area contributed by atoms with Gasteiger partial charge in [-0.2, -0.15) is 15.6 Å². The highest BCUT2D eigenvalue weighted by Gasteiger charge is 2.28. The van der Waals surface area contributed by atoms with Crippen LogP contribution < -0.4 is 4.74 Å². The van der Waals surface area contributed by atoms with Crippen LogP contribution >= 0.6 is 11.3 Å².